The van der Waals surface area contributed by atoms with Gasteiger partial charge in [0.25, 0.3) is 0 Å². The molecular formula is C21H26FN3O2. The fourth-order valence-corrected chi connectivity index (χ4v) is 2.65. The highest BCUT2D eigenvalue weighted by Gasteiger charge is 2.20. The Morgan fingerprint density at radius 1 is 1.04 bits per heavy atom. The van der Waals surface area contributed by atoms with Gasteiger partial charge in [-0.25, -0.2) is 9.18 Å². The Labute approximate surface area is 159 Å². The van der Waals surface area contributed by atoms with E-state index >= 15 is 0 Å². The Balaban J connectivity index is 1.91. The second-order valence-electron chi connectivity index (χ2n) is 6.34. The number of rotatable bonds is 8. The Hall–Kier alpha value is -2.89. The molecule has 0 radical (unpaired) electrons. The van der Waals surface area contributed by atoms with Gasteiger partial charge < -0.3 is 16.0 Å². The quantitative estimate of drug-likeness (QED) is 0.656. The van der Waals surface area contributed by atoms with Crippen LogP contribution in [0, 0.1) is 5.82 Å². The maximum absolute atomic E-state index is 12.9. The van der Waals surface area contributed by atoms with Gasteiger partial charge in [0.2, 0.25) is 5.91 Å². The molecule has 3 amide bonds. The van der Waals surface area contributed by atoms with Crippen LogP contribution in [0.3, 0.4) is 0 Å². The molecule has 0 fully saturated rings. The standard InChI is InChI=1S/C21H26FN3O2/c1-3-6-19(20(26)24-18-8-5-7-15(4-2)13-18)25-21(27)23-14-16-9-11-17(22)12-10-16/h5,7-13,19H,3-4,6,14H2,1-2H3,(H,24,26)(H2,23,25,27). The van der Waals surface area contributed by atoms with Crippen LogP contribution in [0.25, 0.3) is 0 Å². The van der Waals surface area contributed by atoms with E-state index in [0.29, 0.717) is 12.1 Å². The number of urea groups is 1. The van der Waals surface area contributed by atoms with Gasteiger partial charge >= 0.3 is 6.03 Å². The van der Waals surface area contributed by atoms with E-state index in [4.69, 9.17) is 0 Å². The summed E-state index contributed by atoms with van der Waals surface area (Å²) >= 11 is 0. The van der Waals surface area contributed by atoms with Gasteiger partial charge in [0.05, 0.1) is 0 Å². The van der Waals surface area contributed by atoms with Crippen molar-refractivity contribution in [2.45, 2.75) is 45.7 Å². The average molecular weight is 371 g/mol. The van der Waals surface area contributed by atoms with Crippen LogP contribution >= 0.6 is 0 Å². The Morgan fingerprint density at radius 3 is 2.44 bits per heavy atom. The van der Waals surface area contributed by atoms with Gasteiger partial charge in [-0.15, -0.1) is 0 Å². The summed E-state index contributed by atoms with van der Waals surface area (Å²) in [5, 5.41) is 8.27. The third kappa shape index (κ3) is 6.73. The zero-order valence-corrected chi connectivity index (χ0v) is 15.7. The third-order valence-corrected chi connectivity index (χ3v) is 4.17. The van der Waals surface area contributed by atoms with Gasteiger partial charge in [0, 0.05) is 12.2 Å². The van der Waals surface area contributed by atoms with E-state index in [2.05, 4.69) is 16.0 Å². The monoisotopic (exact) mass is 371 g/mol. The van der Waals surface area contributed by atoms with Crippen molar-refractivity contribution < 1.29 is 14.0 Å². The first-order chi connectivity index (χ1) is 13.0. The minimum atomic E-state index is -0.631. The normalized spacial score (nSPS) is 11.5. The molecule has 0 bridgehead atoms. The Morgan fingerprint density at radius 2 is 1.78 bits per heavy atom. The molecule has 0 aliphatic carbocycles. The average Bonchev–Trinajstić information content (AvgIpc) is 2.67. The number of nitrogens with one attached hydrogen (secondary N) is 3. The number of benzene rings is 2. The SMILES string of the molecule is CCCC(NC(=O)NCc1ccc(F)cc1)C(=O)Nc1cccc(CC)c1. The number of aryl methyl sites for hydroxylation is 1. The molecule has 3 N–H and O–H groups in total. The van der Waals surface area contributed by atoms with E-state index in [9.17, 15) is 14.0 Å². The molecule has 0 aliphatic heterocycles. The van der Waals surface area contributed by atoms with Crippen LogP contribution in [0.4, 0.5) is 14.9 Å². The second-order valence-corrected chi connectivity index (χ2v) is 6.34. The van der Waals surface area contributed by atoms with Gasteiger partial charge in [-0.2, -0.15) is 0 Å². The molecule has 2 aromatic carbocycles. The molecule has 27 heavy (non-hydrogen) atoms. The summed E-state index contributed by atoms with van der Waals surface area (Å²) in [6.45, 7) is 4.26. The molecule has 1 atom stereocenters. The lowest BCUT2D eigenvalue weighted by Gasteiger charge is -2.18. The largest absolute Gasteiger partial charge is 0.334 e. The van der Waals surface area contributed by atoms with Crippen molar-refractivity contribution in [2.24, 2.45) is 0 Å². The molecule has 1 unspecified atom stereocenters. The zero-order chi connectivity index (χ0) is 19.6. The summed E-state index contributed by atoms with van der Waals surface area (Å²) in [6.07, 6.45) is 2.17. The summed E-state index contributed by atoms with van der Waals surface area (Å²) in [7, 11) is 0. The maximum Gasteiger partial charge on any atom is 0.315 e. The van der Waals surface area contributed by atoms with Crippen LogP contribution in [0.1, 0.15) is 37.8 Å². The van der Waals surface area contributed by atoms with Crippen molar-refractivity contribution in [1.29, 1.82) is 0 Å². The zero-order valence-electron chi connectivity index (χ0n) is 15.7. The van der Waals surface area contributed by atoms with E-state index in [-0.39, 0.29) is 18.3 Å². The highest BCUT2D eigenvalue weighted by molar-refractivity contribution is 5.97. The van der Waals surface area contributed by atoms with E-state index in [0.717, 1.165) is 24.0 Å². The Bertz CT molecular complexity index is 762. The highest BCUT2D eigenvalue weighted by atomic mass is 19.1. The summed E-state index contributed by atoms with van der Waals surface area (Å²) in [5.74, 6) is -0.572. The molecule has 0 aliphatic rings. The molecule has 6 heteroatoms. The van der Waals surface area contributed by atoms with Gasteiger partial charge in [-0.3, -0.25) is 4.79 Å². The predicted molar refractivity (Wildman–Crippen MR) is 105 cm³/mol. The molecule has 0 saturated carbocycles. The van der Waals surface area contributed by atoms with Crippen molar-refractivity contribution in [1.82, 2.24) is 10.6 Å². The van der Waals surface area contributed by atoms with E-state index in [1.165, 1.54) is 12.1 Å². The van der Waals surface area contributed by atoms with Crippen LogP contribution in [0.2, 0.25) is 0 Å². The first-order valence-electron chi connectivity index (χ1n) is 9.20. The fraction of sp³-hybridized carbons (Fsp3) is 0.333. The molecule has 0 spiro atoms. The lowest BCUT2D eigenvalue weighted by molar-refractivity contribution is -0.118. The number of anilines is 1. The first kappa shape index (κ1) is 20.4. The van der Waals surface area contributed by atoms with E-state index < -0.39 is 12.1 Å². The summed E-state index contributed by atoms with van der Waals surface area (Å²) in [6, 6.07) is 12.5. The van der Waals surface area contributed by atoms with Crippen LogP contribution in [0.5, 0.6) is 0 Å². The third-order valence-electron chi connectivity index (χ3n) is 4.17. The van der Waals surface area contributed by atoms with Gasteiger partial charge in [-0.05, 0) is 48.2 Å². The molecule has 0 aromatic heterocycles. The van der Waals surface area contributed by atoms with Crippen LogP contribution in [0.15, 0.2) is 48.5 Å². The molecule has 0 saturated heterocycles. The van der Waals surface area contributed by atoms with Gasteiger partial charge in [0.15, 0.2) is 0 Å². The molecule has 144 valence electrons. The summed E-state index contributed by atoms with van der Waals surface area (Å²) < 4.78 is 12.9. The Kier molecular flexibility index (Phi) is 7.79. The van der Waals surface area contributed by atoms with Crippen LogP contribution in [-0.2, 0) is 17.8 Å². The van der Waals surface area contributed by atoms with E-state index in [1.54, 1.807) is 12.1 Å². The number of hydrogen-bond acceptors (Lipinski definition) is 2. The molecule has 2 rings (SSSR count). The van der Waals surface area contributed by atoms with Crippen molar-refractivity contribution in [2.75, 3.05) is 5.32 Å². The molecule has 5 nitrogen and oxygen atoms in total. The number of carbonyl (C=O) groups is 2. The molecule has 0 heterocycles. The minimum absolute atomic E-state index is 0.248. The summed E-state index contributed by atoms with van der Waals surface area (Å²) in [5.41, 5.74) is 2.62. The van der Waals surface area contributed by atoms with E-state index in [1.807, 2.05) is 38.1 Å². The minimum Gasteiger partial charge on any atom is -0.334 e. The lowest BCUT2D eigenvalue weighted by atomic mass is 10.1. The fourth-order valence-electron chi connectivity index (χ4n) is 2.65. The number of carbonyl (C=O) groups excluding carboxylic acids is 2. The number of hydrogen-bond donors (Lipinski definition) is 3. The van der Waals surface area contributed by atoms with Crippen molar-refractivity contribution in [3.05, 3.63) is 65.5 Å². The smallest absolute Gasteiger partial charge is 0.315 e. The van der Waals surface area contributed by atoms with Gasteiger partial charge in [0.1, 0.15) is 11.9 Å². The maximum atomic E-state index is 12.9. The van der Waals surface area contributed by atoms with Crippen molar-refractivity contribution in [3.63, 3.8) is 0 Å². The second kappa shape index (κ2) is 10.3. The number of amides is 3. The first-order valence-corrected chi connectivity index (χ1v) is 9.20. The lowest BCUT2D eigenvalue weighted by Crippen LogP contribution is -2.47. The van der Waals surface area contributed by atoms with Crippen molar-refractivity contribution >= 4 is 17.6 Å². The summed E-state index contributed by atoms with van der Waals surface area (Å²) in [4.78, 5) is 24.7. The predicted octanol–water partition coefficient (Wildman–Crippen LogP) is 3.99. The molecule has 2 aromatic rings. The van der Waals surface area contributed by atoms with Crippen LogP contribution in [-0.4, -0.2) is 18.0 Å². The van der Waals surface area contributed by atoms with Crippen molar-refractivity contribution in [3.8, 4) is 0 Å². The van der Waals surface area contributed by atoms with Crippen LogP contribution < -0.4 is 16.0 Å². The molecular weight excluding hydrogens is 345 g/mol. The van der Waals surface area contributed by atoms with Gasteiger partial charge in [-0.1, -0.05) is 44.5 Å². The highest BCUT2D eigenvalue weighted by Crippen LogP contribution is 2.12. The number of halogens is 1. The topological polar surface area (TPSA) is 70.2 Å².